The zero-order valence-electron chi connectivity index (χ0n) is 11.7. The highest BCUT2D eigenvalue weighted by Gasteiger charge is 2.18. The molecule has 0 aromatic heterocycles. The second-order valence-electron chi connectivity index (χ2n) is 5.47. The predicted octanol–water partition coefficient (Wildman–Crippen LogP) is 3.61. The highest BCUT2D eigenvalue weighted by atomic mass is 16.6. The van der Waals surface area contributed by atoms with Crippen LogP contribution in [0.15, 0.2) is 18.2 Å². The van der Waals surface area contributed by atoms with Crippen LogP contribution in [0.2, 0.25) is 0 Å². The summed E-state index contributed by atoms with van der Waals surface area (Å²) in [7, 11) is 0. The van der Waals surface area contributed by atoms with Gasteiger partial charge >= 0.3 is 0 Å². The number of aliphatic hydroxyl groups excluding tert-OH is 1. The maximum Gasteiger partial charge on any atom is 0.270 e. The fourth-order valence-electron chi connectivity index (χ4n) is 2.67. The molecule has 0 aliphatic heterocycles. The summed E-state index contributed by atoms with van der Waals surface area (Å²) in [4.78, 5) is 10.3. The Morgan fingerprint density at radius 2 is 2.10 bits per heavy atom. The predicted molar refractivity (Wildman–Crippen MR) is 75.8 cm³/mol. The highest BCUT2D eigenvalue weighted by Crippen LogP contribution is 2.31. The summed E-state index contributed by atoms with van der Waals surface area (Å²) in [5.41, 5.74) is 0.459. The molecule has 0 spiro atoms. The number of ether oxygens (including phenoxy) is 1. The molecule has 1 aromatic rings. The average molecular weight is 279 g/mol. The smallest absolute Gasteiger partial charge is 0.270 e. The number of benzene rings is 1. The SMILES string of the molecule is C[C@@H](O)c1cc([N+](=O)[O-])ccc1OCC1CCCCC1. The van der Waals surface area contributed by atoms with Gasteiger partial charge in [0, 0.05) is 17.7 Å². The minimum absolute atomic E-state index is 0.0223. The Hall–Kier alpha value is -1.62. The van der Waals surface area contributed by atoms with Gasteiger partial charge in [0.2, 0.25) is 0 Å². The summed E-state index contributed by atoms with van der Waals surface area (Å²) in [6.45, 7) is 2.21. The van der Waals surface area contributed by atoms with Crippen molar-refractivity contribution in [1.29, 1.82) is 0 Å². The Morgan fingerprint density at radius 1 is 1.40 bits per heavy atom. The normalized spacial score (nSPS) is 17.7. The fraction of sp³-hybridized carbons (Fsp3) is 0.600. The lowest BCUT2D eigenvalue weighted by Crippen LogP contribution is -2.16. The summed E-state index contributed by atoms with van der Waals surface area (Å²) in [6.07, 6.45) is 5.37. The van der Waals surface area contributed by atoms with Gasteiger partial charge in [-0.3, -0.25) is 10.1 Å². The van der Waals surface area contributed by atoms with E-state index in [2.05, 4.69) is 0 Å². The molecule has 5 nitrogen and oxygen atoms in total. The maximum atomic E-state index is 10.8. The zero-order valence-corrected chi connectivity index (χ0v) is 11.7. The summed E-state index contributed by atoms with van der Waals surface area (Å²) in [5.74, 6) is 1.11. The van der Waals surface area contributed by atoms with Gasteiger partial charge in [-0.1, -0.05) is 19.3 Å². The molecular formula is C15H21NO4. The number of hydrogen-bond acceptors (Lipinski definition) is 4. The van der Waals surface area contributed by atoms with Crippen molar-refractivity contribution in [2.24, 2.45) is 5.92 Å². The molecule has 1 aromatic carbocycles. The van der Waals surface area contributed by atoms with Gasteiger partial charge in [0.25, 0.3) is 5.69 Å². The van der Waals surface area contributed by atoms with E-state index in [-0.39, 0.29) is 5.69 Å². The molecule has 110 valence electrons. The first-order chi connectivity index (χ1) is 9.58. The van der Waals surface area contributed by atoms with E-state index in [4.69, 9.17) is 4.74 Å². The van der Waals surface area contributed by atoms with Gasteiger partial charge in [-0.05, 0) is 31.7 Å². The van der Waals surface area contributed by atoms with Crippen molar-refractivity contribution >= 4 is 5.69 Å². The first-order valence-corrected chi connectivity index (χ1v) is 7.17. The minimum Gasteiger partial charge on any atom is -0.493 e. The largest absolute Gasteiger partial charge is 0.493 e. The molecule has 20 heavy (non-hydrogen) atoms. The van der Waals surface area contributed by atoms with Gasteiger partial charge in [-0.2, -0.15) is 0 Å². The van der Waals surface area contributed by atoms with Crippen LogP contribution in [0.4, 0.5) is 5.69 Å². The number of rotatable bonds is 5. The van der Waals surface area contributed by atoms with Gasteiger partial charge < -0.3 is 9.84 Å². The Morgan fingerprint density at radius 3 is 2.70 bits per heavy atom. The third-order valence-electron chi connectivity index (χ3n) is 3.85. The number of hydrogen-bond donors (Lipinski definition) is 1. The van der Waals surface area contributed by atoms with Gasteiger partial charge in [-0.25, -0.2) is 0 Å². The van der Waals surface area contributed by atoms with E-state index in [0.29, 0.717) is 23.8 Å². The van der Waals surface area contributed by atoms with Crippen molar-refractivity contribution in [3.05, 3.63) is 33.9 Å². The van der Waals surface area contributed by atoms with Crippen LogP contribution in [-0.2, 0) is 0 Å². The van der Waals surface area contributed by atoms with E-state index in [9.17, 15) is 15.2 Å². The van der Waals surface area contributed by atoms with E-state index < -0.39 is 11.0 Å². The molecule has 1 atom stereocenters. The lowest BCUT2D eigenvalue weighted by atomic mass is 9.90. The first-order valence-electron chi connectivity index (χ1n) is 7.17. The second-order valence-corrected chi connectivity index (χ2v) is 5.47. The van der Waals surface area contributed by atoms with Crippen LogP contribution in [0.1, 0.15) is 50.7 Å². The van der Waals surface area contributed by atoms with Gasteiger partial charge in [0.05, 0.1) is 17.6 Å². The topological polar surface area (TPSA) is 72.6 Å². The van der Waals surface area contributed by atoms with Crippen molar-refractivity contribution in [3.63, 3.8) is 0 Å². The third kappa shape index (κ3) is 3.70. The summed E-state index contributed by atoms with van der Waals surface area (Å²) < 4.78 is 5.79. The van der Waals surface area contributed by atoms with Crippen LogP contribution in [-0.4, -0.2) is 16.6 Å². The molecule has 0 saturated heterocycles. The number of nitro groups is 1. The van der Waals surface area contributed by atoms with Crippen molar-refractivity contribution in [3.8, 4) is 5.75 Å². The van der Waals surface area contributed by atoms with Crippen LogP contribution in [0.25, 0.3) is 0 Å². The molecule has 5 heteroatoms. The van der Waals surface area contributed by atoms with E-state index in [0.717, 1.165) is 0 Å². The summed E-state index contributed by atoms with van der Waals surface area (Å²) in [5, 5.41) is 20.5. The van der Waals surface area contributed by atoms with Crippen molar-refractivity contribution < 1.29 is 14.8 Å². The van der Waals surface area contributed by atoms with E-state index >= 15 is 0 Å². The van der Waals surface area contributed by atoms with E-state index in [1.807, 2.05) is 0 Å². The monoisotopic (exact) mass is 279 g/mol. The third-order valence-corrected chi connectivity index (χ3v) is 3.85. The first kappa shape index (κ1) is 14.8. The van der Waals surface area contributed by atoms with Gasteiger partial charge in [-0.15, -0.1) is 0 Å². The van der Waals surface area contributed by atoms with Crippen molar-refractivity contribution in [1.82, 2.24) is 0 Å². The Balaban J connectivity index is 2.07. The molecule has 1 aliphatic rings. The molecule has 1 saturated carbocycles. The van der Waals surface area contributed by atoms with Crippen LogP contribution in [0, 0.1) is 16.0 Å². The Bertz CT molecular complexity index is 467. The van der Waals surface area contributed by atoms with Gasteiger partial charge in [0.15, 0.2) is 0 Å². The van der Waals surface area contributed by atoms with Gasteiger partial charge in [0.1, 0.15) is 5.75 Å². The average Bonchev–Trinajstić information content (AvgIpc) is 2.45. The summed E-state index contributed by atoms with van der Waals surface area (Å²) >= 11 is 0. The second kappa shape index (κ2) is 6.70. The van der Waals surface area contributed by atoms with Crippen LogP contribution < -0.4 is 4.74 Å². The Labute approximate surface area is 118 Å². The number of nitrogens with zero attached hydrogens (tertiary/aromatic N) is 1. The lowest BCUT2D eigenvalue weighted by Gasteiger charge is -2.22. The van der Waals surface area contributed by atoms with Crippen molar-refractivity contribution in [2.75, 3.05) is 6.61 Å². The highest BCUT2D eigenvalue weighted by molar-refractivity contribution is 5.44. The number of aliphatic hydroxyl groups is 1. The Kier molecular flexibility index (Phi) is 4.95. The minimum atomic E-state index is -0.781. The zero-order chi connectivity index (χ0) is 14.5. The van der Waals surface area contributed by atoms with Crippen LogP contribution >= 0.6 is 0 Å². The summed E-state index contributed by atoms with van der Waals surface area (Å²) in [6, 6.07) is 4.39. The molecule has 0 radical (unpaired) electrons. The standard InChI is InChI=1S/C15H21NO4/c1-11(17)14-9-13(16(18)19)7-8-15(14)20-10-12-5-3-2-4-6-12/h7-9,11-12,17H,2-6,10H2,1H3/t11-/m1/s1. The molecule has 1 aliphatic carbocycles. The molecule has 0 unspecified atom stereocenters. The van der Waals surface area contributed by atoms with Crippen molar-refractivity contribution in [2.45, 2.75) is 45.1 Å². The molecule has 1 N–H and O–H groups in total. The lowest BCUT2D eigenvalue weighted by molar-refractivity contribution is -0.385. The van der Waals surface area contributed by atoms with E-state index in [1.165, 1.54) is 44.2 Å². The molecule has 0 heterocycles. The molecule has 0 bridgehead atoms. The fourth-order valence-corrected chi connectivity index (χ4v) is 2.67. The maximum absolute atomic E-state index is 10.8. The molecule has 0 amide bonds. The van der Waals surface area contributed by atoms with Crippen LogP contribution in [0.3, 0.4) is 0 Å². The number of nitro benzene ring substituents is 1. The molecular weight excluding hydrogens is 258 g/mol. The molecule has 1 fully saturated rings. The van der Waals surface area contributed by atoms with E-state index in [1.54, 1.807) is 13.0 Å². The quantitative estimate of drug-likeness (QED) is 0.660. The molecule has 2 rings (SSSR count). The number of non-ortho nitro benzene ring substituents is 1. The van der Waals surface area contributed by atoms with Crippen LogP contribution in [0.5, 0.6) is 5.75 Å².